The lowest BCUT2D eigenvalue weighted by molar-refractivity contribution is -0.139. The summed E-state index contributed by atoms with van der Waals surface area (Å²) < 4.78 is 24.9. The highest BCUT2D eigenvalue weighted by atomic mass is 127. The Hall–Kier alpha value is -2.60. The fraction of sp³-hybridized carbons (Fsp3) is 0.105. The van der Waals surface area contributed by atoms with E-state index in [1.807, 2.05) is 22.6 Å². The van der Waals surface area contributed by atoms with E-state index in [0.29, 0.717) is 25.5 Å². The average molecular weight is 528 g/mol. The second-order valence-corrected chi connectivity index (χ2v) is 7.84. The van der Waals surface area contributed by atoms with Crippen molar-refractivity contribution in [2.24, 2.45) is 4.99 Å². The molecule has 3 rings (SSSR count). The summed E-state index contributed by atoms with van der Waals surface area (Å²) >= 11 is 3.08. The number of amides is 1. The van der Waals surface area contributed by atoms with Gasteiger partial charge < -0.3 is 19.9 Å². The minimum atomic E-state index is -1.10. The van der Waals surface area contributed by atoms with Crippen molar-refractivity contribution in [2.75, 3.05) is 13.7 Å². The number of amidine groups is 1. The molecule has 0 aromatic heterocycles. The van der Waals surface area contributed by atoms with E-state index in [1.165, 1.54) is 19.2 Å². The number of hydrogen-bond donors (Lipinski definition) is 2. The van der Waals surface area contributed by atoms with Crippen LogP contribution in [0.2, 0.25) is 0 Å². The van der Waals surface area contributed by atoms with Crippen LogP contribution in [0.25, 0.3) is 6.08 Å². The maximum atomic E-state index is 13.8. The first-order valence-electron chi connectivity index (χ1n) is 8.13. The van der Waals surface area contributed by atoms with Gasteiger partial charge in [-0.15, -0.1) is 0 Å². The summed E-state index contributed by atoms with van der Waals surface area (Å²) in [6.45, 7) is -0.499. The molecular formula is C19H14FIN2O5S. The molecule has 0 bridgehead atoms. The van der Waals surface area contributed by atoms with Crippen LogP contribution in [-0.2, 0) is 9.59 Å². The number of hydrogen-bond acceptors (Lipinski definition) is 6. The topological polar surface area (TPSA) is 97.2 Å². The average Bonchev–Trinajstić information content (AvgIpc) is 3.01. The molecule has 2 aromatic rings. The van der Waals surface area contributed by atoms with Gasteiger partial charge in [0, 0.05) is 0 Å². The van der Waals surface area contributed by atoms with Crippen molar-refractivity contribution in [3.05, 3.63) is 56.3 Å². The molecular weight excluding hydrogens is 514 g/mol. The quantitative estimate of drug-likeness (QED) is 0.438. The molecule has 0 unspecified atom stereocenters. The Bertz CT molecular complexity index is 1040. The fourth-order valence-corrected chi connectivity index (χ4v) is 4.00. The number of rotatable bonds is 6. The van der Waals surface area contributed by atoms with Crippen molar-refractivity contribution in [2.45, 2.75) is 0 Å². The van der Waals surface area contributed by atoms with Gasteiger partial charge in [0.1, 0.15) is 11.5 Å². The van der Waals surface area contributed by atoms with Crippen LogP contribution in [0.5, 0.6) is 11.5 Å². The number of nitrogens with one attached hydrogen (secondary N) is 1. The summed E-state index contributed by atoms with van der Waals surface area (Å²) in [4.78, 5) is 27.5. The number of benzene rings is 2. The molecule has 150 valence electrons. The normalized spacial score (nSPS) is 16.2. The highest BCUT2D eigenvalue weighted by Crippen LogP contribution is 2.36. The van der Waals surface area contributed by atoms with E-state index >= 15 is 0 Å². The molecule has 2 N–H and O–H groups in total. The summed E-state index contributed by atoms with van der Waals surface area (Å²) in [5.74, 6) is -1.29. The zero-order valence-corrected chi connectivity index (χ0v) is 17.9. The van der Waals surface area contributed by atoms with Gasteiger partial charge in [-0.25, -0.2) is 14.2 Å². The molecule has 1 heterocycles. The second-order valence-electron chi connectivity index (χ2n) is 5.65. The Morgan fingerprint density at radius 3 is 2.83 bits per heavy atom. The molecule has 0 radical (unpaired) electrons. The van der Waals surface area contributed by atoms with Crippen molar-refractivity contribution in [3.8, 4) is 11.5 Å². The summed E-state index contributed by atoms with van der Waals surface area (Å²) in [5.41, 5.74) is 0.784. The van der Waals surface area contributed by atoms with Gasteiger partial charge in [0.25, 0.3) is 5.91 Å². The van der Waals surface area contributed by atoms with Crippen molar-refractivity contribution in [1.82, 2.24) is 5.32 Å². The lowest BCUT2D eigenvalue weighted by Crippen LogP contribution is -2.19. The van der Waals surface area contributed by atoms with Gasteiger partial charge >= 0.3 is 5.97 Å². The Morgan fingerprint density at radius 2 is 2.14 bits per heavy atom. The Kier molecular flexibility index (Phi) is 6.75. The number of carbonyl (C=O) groups excluding carboxylic acids is 1. The molecule has 0 atom stereocenters. The number of carboxylic acids is 1. The predicted octanol–water partition coefficient (Wildman–Crippen LogP) is 3.79. The van der Waals surface area contributed by atoms with E-state index in [4.69, 9.17) is 14.6 Å². The third-order valence-electron chi connectivity index (χ3n) is 3.61. The van der Waals surface area contributed by atoms with Crippen LogP contribution in [0.15, 0.2) is 46.3 Å². The van der Waals surface area contributed by atoms with Gasteiger partial charge in [-0.1, -0.05) is 12.1 Å². The van der Waals surface area contributed by atoms with Crippen molar-refractivity contribution < 1.29 is 28.6 Å². The minimum Gasteiger partial charge on any atom is -0.493 e. The summed E-state index contributed by atoms with van der Waals surface area (Å²) in [5, 5.41) is 11.7. The van der Waals surface area contributed by atoms with E-state index in [1.54, 1.807) is 30.3 Å². The predicted molar refractivity (Wildman–Crippen MR) is 116 cm³/mol. The number of nitrogens with zero attached hydrogens (tertiary/aromatic N) is 1. The largest absolute Gasteiger partial charge is 0.493 e. The van der Waals surface area contributed by atoms with E-state index in [0.717, 1.165) is 11.8 Å². The van der Waals surface area contributed by atoms with Gasteiger partial charge in [-0.05, 0) is 70.3 Å². The molecule has 1 fully saturated rings. The first-order chi connectivity index (χ1) is 13.9. The van der Waals surface area contributed by atoms with Crippen molar-refractivity contribution in [3.63, 3.8) is 0 Å². The Labute approximate surface area is 183 Å². The van der Waals surface area contributed by atoms with Gasteiger partial charge in [0.2, 0.25) is 0 Å². The molecule has 0 aliphatic carbocycles. The fourth-order valence-electron chi connectivity index (χ4n) is 2.38. The number of aliphatic imine (C=N–C) groups is 1. The Morgan fingerprint density at radius 1 is 1.38 bits per heavy atom. The maximum absolute atomic E-state index is 13.8. The monoisotopic (exact) mass is 528 g/mol. The molecule has 29 heavy (non-hydrogen) atoms. The van der Waals surface area contributed by atoms with Crippen LogP contribution >= 0.6 is 34.4 Å². The minimum absolute atomic E-state index is 0.132. The number of methoxy groups -OCH3 is 1. The first-order valence-corrected chi connectivity index (χ1v) is 10.0. The number of aliphatic carboxylic acids is 1. The van der Waals surface area contributed by atoms with Gasteiger partial charge in [0.15, 0.2) is 23.3 Å². The third kappa shape index (κ3) is 5.26. The van der Waals surface area contributed by atoms with E-state index in [-0.39, 0.29) is 16.8 Å². The zero-order valence-electron chi connectivity index (χ0n) is 14.9. The third-order valence-corrected chi connectivity index (χ3v) is 5.33. The lowest BCUT2D eigenvalue weighted by Gasteiger charge is -2.12. The lowest BCUT2D eigenvalue weighted by atomic mass is 10.2. The van der Waals surface area contributed by atoms with Crippen LogP contribution in [0, 0.1) is 9.39 Å². The molecule has 1 aliphatic heterocycles. The summed E-state index contributed by atoms with van der Waals surface area (Å²) in [7, 11) is 1.44. The Balaban J connectivity index is 1.86. The molecule has 10 heteroatoms. The number of carbonyl (C=O) groups is 2. The number of ether oxygens (including phenoxy) is 2. The van der Waals surface area contributed by atoms with Crippen LogP contribution in [-0.4, -0.2) is 35.9 Å². The second kappa shape index (κ2) is 9.27. The van der Waals surface area contributed by atoms with Crippen LogP contribution in [0.1, 0.15) is 5.56 Å². The maximum Gasteiger partial charge on any atom is 0.341 e. The van der Waals surface area contributed by atoms with Crippen LogP contribution in [0.3, 0.4) is 0 Å². The highest BCUT2D eigenvalue weighted by Gasteiger charge is 2.24. The van der Waals surface area contributed by atoms with Crippen molar-refractivity contribution in [1.29, 1.82) is 0 Å². The van der Waals surface area contributed by atoms with Crippen LogP contribution in [0.4, 0.5) is 10.1 Å². The summed E-state index contributed by atoms with van der Waals surface area (Å²) in [6, 6.07) is 9.38. The number of carboxylic acid groups (broad SMARTS) is 1. The number of para-hydroxylation sites is 1. The molecule has 1 amide bonds. The first kappa shape index (κ1) is 21.1. The van der Waals surface area contributed by atoms with Crippen LogP contribution < -0.4 is 14.8 Å². The van der Waals surface area contributed by atoms with Crippen molar-refractivity contribution >= 4 is 63.2 Å². The zero-order chi connectivity index (χ0) is 21.0. The van der Waals surface area contributed by atoms with E-state index in [9.17, 15) is 14.0 Å². The van der Waals surface area contributed by atoms with E-state index in [2.05, 4.69) is 10.3 Å². The molecule has 7 nitrogen and oxygen atoms in total. The van der Waals surface area contributed by atoms with Gasteiger partial charge in [-0.2, -0.15) is 0 Å². The molecule has 1 saturated heterocycles. The molecule has 0 spiro atoms. The summed E-state index contributed by atoms with van der Waals surface area (Å²) in [6.07, 6.45) is 1.63. The highest BCUT2D eigenvalue weighted by molar-refractivity contribution is 14.1. The molecule has 1 aliphatic rings. The molecule has 2 aromatic carbocycles. The van der Waals surface area contributed by atoms with Gasteiger partial charge in [-0.3, -0.25) is 4.79 Å². The smallest absolute Gasteiger partial charge is 0.341 e. The van der Waals surface area contributed by atoms with Gasteiger partial charge in [0.05, 0.1) is 15.6 Å². The van der Waals surface area contributed by atoms with E-state index < -0.39 is 18.4 Å². The number of halogens is 2. The molecule has 0 saturated carbocycles. The SMILES string of the molecule is COc1cc(/C=C2\SC(=Nc3ccccc3F)NC2=O)cc(I)c1OCC(=O)O. The number of thioether (sulfide) groups is 1. The standard InChI is InChI=1S/C19H14FIN2O5S/c1-27-14-7-10(6-12(21)17(14)28-9-16(24)25)8-15-18(26)23-19(29-15)22-13-5-3-2-4-11(13)20/h2-8H,9H2,1H3,(H,24,25)(H,22,23,26)/b15-8-.